The fraction of sp³-hybridized carbons (Fsp3) is 0.421. The summed E-state index contributed by atoms with van der Waals surface area (Å²) >= 11 is 0. The molecule has 7 nitrogen and oxygen atoms in total. The average Bonchev–Trinajstić information content (AvgIpc) is 3.31. The number of benzene rings is 1. The Bertz CT molecular complexity index is 728. The Morgan fingerprint density at radius 1 is 1.19 bits per heavy atom. The number of fused-ring (bicyclic) bond motifs is 1. The molecule has 1 atom stereocenters. The summed E-state index contributed by atoms with van der Waals surface area (Å²) < 4.78 is 16.3. The van der Waals surface area contributed by atoms with Crippen LogP contribution in [0, 0.1) is 0 Å². The van der Waals surface area contributed by atoms with Crippen molar-refractivity contribution in [1.29, 1.82) is 0 Å². The lowest BCUT2D eigenvalue weighted by Crippen LogP contribution is -2.42. The molecule has 0 amide bonds. The highest BCUT2D eigenvalue weighted by Crippen LogP contribution is 2.32. The molecule has 7 heteroatoms. The molecule has 0 radical (unpaired) electrons. The second-order valence-electron chi connectivity index (χ2n) is 6.31. The Labute approximate surface area is 154 Å². The SMILES string of the molecule is CN=C(NCCc1ccc2c(c1)OCO2)NCC(c1ccco1)N(C)C. The Hall–Kier alpha value is -2.67. The zero-order chi connectivity index (χ0) is 18.4. The monoisotopic (exact) mass is 358 g/mol. The third kappa shape index (κ3) is 4.49. The molecular weight excluding hydrogens is 332 g/mol. The van der Waals surface area contributed by atoms with Crippen molar-refractivity contribution < 1.29 is 13.9 Å². The Morgan fingerprint density at radius 2 is 2.04 bits per heavy atom. The van der Waals surface area contributed by atoms with Gasteiger partial charge in [-0.1, -0.05) is 6.07 Å². The van der Waals surface area contributed by atoms with E-state index in [1.54, 1.807) is 13.3 Å². The highest BCUT2D eigenvalue weighted by atomic mass is 16.7. The first kappa shape index (κ1) is 18.1. The van der Waals surface area contributed by atoms with E-state index in [0.29, 0.717) is 13.3 Å². The van der Waals surface area contributed by atoms with Crippen molar-refractivity contribution in [3.05, 3.63) is 47.9 Å². The van der Waals surface area contributed by atoms with Crippen molar-refractivity contribution in [3.63, 3.8) is 0 Å². The van der Waals surface area contributed by atoms with Crippen LogP contribution < -0.4 is 20.1 Å². The fourth-order valence-electron chi connectivity index (χ4n) is 2.85. The molecule has 0 fully saturated rings. The average molecular weight is 358 g/mol. The van der Waals surface area contributed by atoms with Gasteiger partial charge >= 0.3 is 0 Å². The fourth-order valence-corrected chi connectivity index (χ4v) is 2.85. The molecule has 0 spiro atoms. The summed E-state index contributed by atoms with van der Waals surface area (Å²) in [5.74, 6) is 3.33. The van der Waals surface area contributed by atoms with Gasteiger partial charge in [0.2, 0.25) is 6.79 Å². The maximum Gasteiger partial charge on any atom is 0.231 e. The smallest absolute Gasteiger partial charge is 0.231 e. The van der Waals surface area contributed by atoms with Crippen LogP contribution in [0.15, 0.2) is 46.0 Å². The Balaban J connectivity index is 1.47. The molecule has 1 aromatic heterocycles. The molecule has 2 aromatic rings. The van der Waals surface area contributed by atoms with Crippen LogP contribution in [0.25, 0.3) is 0 Å². The third-order valence-electron chi connectivity index (χ3n) is 4.32. The summed E-state index contributed by atoms with van der Waals surface area (Å²) in [4.78, 5) is 6.41. The van der Waals surface area contributed by atoms with Crippen LogP contribution in [0.2, 0.25) is 0 Å². The Morgan fingerprint density at radius 3 is 2.77 bits per heavy atom. The van der Waals surface area contributed by atoms with Crippen LogP contribution in [-0.2, 0) is 6.42 Å². The number of guanidine groups is 1. The van der Waals surface area contributed by atoms with E-state index >= 15 is 0 Å². The summed E-state index contributed by atoms with van der Waals surface area (Å²) in [5, 5.41) is 6.70. The molecule has 0 saturated heterocycles. The lowest BCUT2D eigenvalue weighted by molar-refractivity contribution is 0.174. The third-order valence-corrected chi connectivity index (χ3v) is 4.32. The van der Waals surface area contributed by atoms with E-state index in [0.717, 1.165) is 36.2 Å². The minimum atomic E-state index is 0.136. The van der Waals surface area contributed by atoms with Gasteiger partial charge in [0.15, 0.2) is 17.5 Å². The number of rotatable bonds is 7. The molecular formula is C19H26N4O3. The molecule has 3 rings (SSSR count). The molecule has 2 heterocycles. The summed E-state index contributed by atoms with van der Waals surface area (Å²) in [6.45, 7) is 1.77. The van der Waals surface area contributed by atoms with Crippen molar-refractivity contribution >= 4 is 5.96 Å². The van der Waals surface area contributed by atoms with Crippen molar-refractivity contribution in [3.8, 4) is 11.5 Å². The van der Waals surface area contributed by atoms with E-state index in [1.807, 2.05) is 38.4 Å². The molecule has 140 valence electrons. The molecule has 2 N–H and O–H groups in total. The molecule has 26 heavy (non-hydrogen) atoms. The van der Waals surface area contributed by atoms with Gasteiger partial charge in [-0.2, -0.15) is 0 Å². The zero-order valence-corrected chi connectivity index (χ0v) is 15.5. The molecule has 1 aromatic carbocycles. The van der Waals surface area contributed by atoms with Gasteiger partial charge in [-0.15, -0.1) is 0 Å². The van der Waals surface area contributed by atoms with E-state index in [9.17, 15) is 0 Å². The predicted molar refractivity (Wildman–Crippen MR) is 101 cm³/mol. The lowest BCUT2D eigenvalue weighted by Gasteiger charge is -2.23. The van der Waals surface area contributed by atoms with Crippen LogP contribution in [-0.4, -0.2) is 51.9 Å². The number of furan rings is 1. The molecule has 1 aliphatic rings. The normalized spacial score (nSPS) is 14.5. The number of nitrogens with one attached hydrogen (secondary N) is 2. The Kier molecular flexibility index (Phi) is 6.01. The highest BCUT2D eigenvalue weighted by Gasteiger charge is 2.17. The van der Waals surface area contributed by atoms with Crippen molar-refractivity contribution in [2.45, 2.75) is 12.5 Å². The van der Waals surface area contributed by atoms with Crippen molar-refractivity contribution in [2.75, 3.05) is 41.0 Å². The summed E-state index contributed by atoms with van der Waals surface area (Å²) in [7, 11) is 5.84. The van der Waals surface area contributed by atoms with Gasteiger partial charge in [0.1, 0.15) is 5.76 Å². The van der Waals surface area contributed by atoms with Crippen LogP contribution >= 0.6 is 0 Å². The zero-order valence-electron chi connectivity index (χ0n) is 15.5. The maximum atomic E-state index is 5.53. The first-order valence-corrected chi connectivity index (χ1v) is 8.70. The number of hydrogen-bond donors (Lipinski definition) is 2. The second-order valence-corrected chi connectivity index (χ2v) is 6.31. The molecule has 1 unspecified atom stereocenters. The van der Waals surface area contributed by atoms with E-state index < -0.39 is 0 Å². The van der Waals surface area contributed by atoms with Crippen LogP contribution in [0.4, 0.5) is 0 Å². The van der Waals surface area contributed by atoms with Gasteiger partial charge in [0, 0.05) is 20.1 Å². The van der Waals surface area contributed by atoms with Gasteiger partial charge in [-0.25, -0.2) is 0 Å². The van der Waals surface area contributed by atoms with Gasteiger partial charge in [0.25, 0.3) is 0 Å². The van der Waals surface area contributed by atoms with E-state index in [-0.39, 0.29) is 6.04 Å². The topological polar surface area (TPSA) is 71.3 Å². The number of nitrogens with zero attached hydrogens (tertiary/aromatic N) is 2. The van der Waals surface area contributed by atoms with E-state index in [2.05, 4.69) is 26.6 Å². The number of hydrogen-bond acceptors (Lipinski definition) is 5. The molecule has 0 saturated carbocycles. The number of likely N-dealkylation sites (N-methyl/N-ethyl adjacent to an activating group) is 1. The van der Waals surface area contributed by atoms with Crippen LogP contribution in [0.5, 0.6) is 11.5 Å². The molecule has 1 aliphatic heterocycles. The van der Waals surface area contributed by atoms with Crippen molar-refractivity contribution in [1.82, 2.24) is 15.5 Å². The molecule has 0 aliphatic carbocycles. The standard InChI is InChI=1S/C19H26N4O3/c1-20-19(22-12-15(23(2)3)16-5-4-10-24-16)21-9-8-14-6-7-17-18(11-14)26-13-25-17/h4-7,10-11,15H,8-9,12-13H2,1-3H3,(H2,20,21,22). The largest absolute Gasteiger partial charge is 0.468 e. The van der Waals surface area contributed by atoms with E-state index in [4.69, 9.17) is 13.9 Å². The minimum Gasteiger partial charge on any atom is -0.468 e. The predicted octanol–water partition coefficient (Wildman–Crippen LogP) is 2.02. The molecule has 0 bridgehead atoms. The maximum absolute atomic E-state index is 5.53. The quantitative estimate of drug-likeness (QED) is 0.583. The summed E-state index contributed by atoms with van der Waals surface area (Å²) in [6, 6.07) is 10.1. The van der Waals surface area contributed by atoms with Gasteiger partial charge in [0.05, 0.1) is 12.3 Å². The van der Waals surface area contributed by atoms with E-state index in [1.165, 1.54) is 5.56 Å². The van der Waals surface area contributed by atoms with Gasteiger partial charge in [-0.05, 0) is 50.3 Å². The van der Waals surface area contributed by atoms with Crippen LogP contribution in [0.3, 0.4) is 0 Å². The lowest BCUT2D eigenvalue weighted by atomic mass is 10.1. The number of aliphatic imine (C=N–C) groups is 1. The second kappa shape index (κ2) is 8.62. The highest BCUT2D eigenvalue weighted by molar-refractivity contribution is 5.79. The van der Waals surface area contributed by atoms with Gasteiger partial charge < -0.3 is 24.5 Å². The number of ether oxygens (including phenoxy) is 2. The van der Waals surface area contributed by atoms with Crippen molar-refractivity contribution in [2.24, 2.45) is 4.99 Å². The first-order valence-electron chi connectivity index (χ1n) is 8.70. The first-order chi connectivity index (χ1) is 12.7. The van der Waals surface area contributed by atoms with Gasteiger partial charge in [-0.3, -0.25) is 9.89 Å². The summed E-state index contributed by atoms with van der Waals surface area (Å²) in [6.07, 6.45) is 2.57. The summed E-state index contributed by atoms with van der Waals surface area (Å²) in [5.41, 5.74) is 1.19. The minimum absolute atomic E-state index is 0.136. The van der Waals surface area contributed by atoms with Crippen LogP contribution in [0.1, 0.15) is 17.4 Å².